The number of pyridine rings is 1. The highest BCUT2D eigenvalue weighted by Gasteiger charge is 2.49. The molecule has 2 aromatic heterocycles. The molecule has 2 aliphatic heterocycles. The SMILES string of the molecule is O=C1Nc2nccc(-c3nn([C@@H]4CCNC[C@@H]4F)c4c3CCCC4)c2[C@H](C(F)(F)F)O1. The summed E-state index contributed by atoms with van der Waals surface area (Å²) < 4.78 is 62.3. The van der Waals surface area contributed by atoms with Gasteiger partial charge in [-0.05, 0) is 44.7 Å². The van der Waals surface area contributed by atoms with Crippen LogP contribution in [0.2, 0.25) is 0 Å². The molecular weight excluding hydrogens is 418 g/mol. The quantitative estimate of drug-likeness (QED) is 0.695. The number of halogens is 4. The highest BCUT2D eigenvalue weighted by molar-refractivity contribution is 5.89. The molecule has 1 saturated heterocycles. The van der Waals surface area contributed by atoms with Gasteiger partial charge in [0.25, 0.3) is 0 Å². The Morgan fingerprint density at radius 1 is 1.23 bits per heavy atom. The lowest BCUT2D eigenvalue weighted by atomic mass is 9.90. The van der Waals surface area contributed by atoms with Gasteiger partial charge in [0.05, 0.1) is 17.3 Å². The zero-order valence-corrected chi connectivity index (χ0v) is 16.5. The van der Waals surface area contributed by atoms with E-state index >= 15 is 0 Å². The summed E-state index contributed by atoms with van der Waals surface area (Å²) in [6, 6.07) is 0.990. The average Bonchev–Trinajstić information content (AvgIpc) is 3.11. The van der Waals surface area contributed by atoms with Crippen LogP contribution in [0.3, 0.4) is 0 Å². The lowest BCUT2D eigenvalue weighted by Crippen LogP contribution is -2.40. The summed E-state index contributed by atoms with van der Waals surface area (Å²) in [6.07, 6.45) is -4.58. The molecule has 3 aliphatic rings. The lowest BCUT2D eigenvalue weighted by molar-refractivity contribution is -0.206. The minimum absolute atomic E-state index is 0.194. The van der Waals surface area contributed by atoms with Crippen molar-refractivity contribution in [1.29, 1.82) is 0 Å². The number of nitrogens with zero attached hydrogens (tertiary/aromatic N) is 3. The Morgan fingerprint density at radius 3 is 2.81 bits per heavy atom. The Labute approximate surface area is 175 Å². The van der Waals surface area contributed by atoms with Crippen molar-refractivity contribution in [1.82, 2.24) is 20.1 Å². The van der Waals surface area contributed by atoms with Gasteiger partial charge in [-0.25, -0.2) is 14.2 Å². The average molecular weight is 439 g/mol. The van der Waals surface area contributed by atoms with Gasteiger partial charge in [-0.1, -0.05) is 0 Å². The zero-order valence-electron chi connectivity index (χ0n) is 16.5. The van der Waals surface area contributed by atoms with Gasteiger partial charge in [0, 0.05) is 29.6 Å². The predicted molar refractivity (Wildman–Crippen MR) is 102 cm³/mol. The van der Waals surface area contributed by atoms with Crippen LogP contribution in [0.4, 0.5) is 28.2 Å². The summed E-state index contributed by atoms with van der Waals surface area (Å²) in [5.74, 6) is -0.194. The van der Waals surface area contributed by atoms with E-state index in [1.54, 1.807) is 4.68 Å². The second kappa shape index (κ2) is 7.47. The molecule has 11 heteroatoms. The smallest absolute Gasteiger partial charge is 0.430 e. The fourth-order valence-corrected chi connectivity index (χ4v) is 4.77. The molecule has 166 valence electrons. The number of carbonyl (C=O) groups is 1. The van der Waals surface area contributed by atoms with Crippen molar-refractivity contribution < 1.29 is 27.1 Å². The Bertz CT molecular complexity index is 1020. The monoisotopic (exact) mass is 439 g/mol. The van der Waals surface area contributed by atoms with Gasteiger partial charge in [-0.3, -0.25) is 10.00 Å². The van der Waals surface area contributed by atoms with Crippen molar-refractivity contribution in [3.63, 3.8) is 0 Å². The number of nitrogens with one attached hydrogen (secondary N) is 2. The van der Waals surface area contributed by atoms with Crippen molar-refractivity contribution >= 4 is 11.9 Å². The second-order valence-electron chi connectivity index (χ2n) is 8.07. The Hall–Kier alpha value is -2.69. The van der Waals surface area contributed by atoms with Gasteiger partial charge in [0.15, 0.2) is 0 Å². The molecule has 7 nitrogen and oxygen atoms in total. The van der Waals surface area contributed by atoms with Crippen LogP contribution >= 0.6 is 0 Å². The highest BCUT2D eigenvalue weighted by Crippen LogP contribution is 2.46. The third kappa shape index (κ3) is 3.44. The molecule has 3 atom stereocenters. The second-order valence-corrected chi connectivity index (χ2v) is 8.07. The molecule has 1 amide bonds. The van der Waals surface area contributed by atoms with Crippen LogP contribution in [0.25, 0.3) is 11.3 Å². The number of rotatable bonds is 2. The predicted octanol–water partition coefficient (Wildman–Crippen LogP) is 3.86. The van der Waals surface area contributed by atoms with Gasteiger partial charge in [0.1, 0.15) is 12.0 Å². The third-order valence-corrected chi connectivity index (χ3v) is 6.15. The van der Waals surface area contributed by atoms with Crippen LogP contribution in [0.1, 0.15) is 48.2 Å². The number of anilines is 1. The Morgan fingerprint density at radius 2 is 2.03 bits per heavy atom. The van der Waals surface area contributed by atoms with Crippen molar-refractivity contribution in [3.05, 3.63) is 29.1 Å². The topological polar surface area (TPSA) is 81.1 Å². The van der Waals surface area contributed by atoms with E-state index in [1.165, 1.54) is 12.3 Å². The minimum atomic E-state index is -4.81. The molecule has 2 aromatic rings. The number of carbonyl (C=O) groups excluding carboxylic acids is 1. The van der Waals surface area contributed by atoms with Crippen molar-refractivity contribution in [2.75, 3.05) is 18.4 Å². The summed E-state index contributed by atoms with van der Waals surface area (Å²) in [5, 5.41) is 9.93. The summed E-state index contributed by atoms with van der Waals surface area (Å²) in [7, 11) is 0. The number of hydrogen-bond acceptors (Lipinski definition) is 5. The molecule has 0 unspecified atom stereocenters. The van der Waals surface area contributed by atoms with Gasteiger partial charge in [-0.15, -0.1) is 0 Å². The fourth-order valence-electron chi connectivity index (χ4n) is 4.77. The van der Waals surface area contributed by atoms with E-state index in [9.17, 15) is 22.4 Å². The first-order valence-electron chi connectivity index (χ1n) is 10.3. The molecule has 0 saturated carbocycles. The highest BCUT2D eigenvalue weighted by atomic mass is 19.4. The normalized spacial score (nSPS) is 25.9. The molecule has 1 aliphatic carbocycles. The molecule has 0 bridgehead atoms. The van der Waals surface area contributed by atoms with Gasteiger partial charge in [0.2, 0.25) is 6.10 Å². The van der Waals surface area contributed by atoms with E-state index in [4.69, 9.17) is 0 Å². The molecule has 4 heterocycles. The first-order chi connectivity index (χ1) is 14.8. The van der Waals surface area contributed by atoms with Crippen molar-refractivity contribution in [3.8, 4) is 11.3 Å². The van der Waals surface area contributed by atoms with Crippen molar-refractivity contribution in [2.45, 2.75) is 56.6 Å². The van der Waals surface area contributed by atoms with Gasteiger partial charge in [-0.2, -0.15) is 18.3 Å². The summed E-state index contributed by atoms with van der Waals surface area (Å²) in [6.45, 7) is 0.866. The van der Waals surface area contributed by atoms with Crippen molar-refractivity contribution in [2.24, 2.45) is 0 Å². The molecule has 1 fully saturated rings. The summed E-state index contributed by atoms with van der Waals surface area (Å²) in [5.41, 5.74) is 2.03. The van der Waals surface area contributed by atoms with E-state index in [0.717, 1.165) is 24.1 Å². The van der Waals surface area contributed by atoms with Crippen LogP contribution in [0.15, 0.2) is 12.3 Å². The molecule has 31 heavy (non-hydrogen) atoms. The maximum absolute atomic E-state index is 14.7. The number of cyclic esters (lactones) is 1. The number of hydrogen-bond donors (Lipinski definition) is 2. The summed E-state index contributed by atoms with van der Waals surface area (Å²) >= 11 is 0. The van der Waals surface area contributed by atoms with Crippen LogP contribution in [-0.2, 0) is 17.6 Å². The van der Waals surface area contributed by atoms with E-state index in [-0.39, 0.29) is 23.5 Å². The molecule has 0 radical (unpaired) electrons. The van der Waals surface area contributed by atoms with E-state index in [1.807, 2.05) is 0 Å². The maximum Gasteiger partial charge on any atom is 0.430 e. The number of ether oxygens (including phenoxy) is 1. The third-order valence-electron chi connectivity index (χ3n) is 6.15. The number of alkyl halides is 4. The van der Waals surface area contributed by atoms with Crippen LogP contribution in [0, 0.1) is 0 Å². The number of amides is 1. The van der Waals surface area contributed by atoms with Crippen LogP contribution in [0.5, 0.6) is 0 Å². The molecule has 0 aromatic carbocycles. The fraction of sp³-hybridized carbons (Fsp3) is 0.550. The van der Waals surface area contributed by atoms with Gasteiger partial charge < -0.3 is 10.1 Å². The largest absolute Gasteiger partial charge is 0.431 e. The number of piperidine rings is 1. The zero-order chi connectivity index (χ0) is 21.8. The van der Waals surface area contributed by atoms with E-state index in [0.29, 0.717) is 31.5 Å². The van der Waals surface area contributed by atoms with Crippen LogP contribution < -0.4 is 10.6 Å². The maximum atomic E-state index is 14.7. The number of aromatic nitrogens is 3. The standard InChI is InChI=1S/C20H21F4N5O2/c21-12-9-25-7-6-14(12)29-13-4-2-1-3-10(13)16(28-29)11-5-8-26-18-15(11)17(20(22,23)24)31-19(30)27-18/h5,8,12,14,17,25H,1-4,6-7,9H2,(H,26,27,30)/t12-,14+,17+/m0/s1. The van der Waals surface area contributed by atoms with E-state index < -0.39 is 30.6 Å². The number of fused-ring (bicyclic) bond motifs is 2. The minimum Gasteiger partial charge on any atom is -0.431 e. The van der Waals surface area contributed by atoms with E-state index in [2.05, 4.69) is 25.5 Å². The van der Waals surface area contributed by atoms with Crippen LogP contribution in [-0.4, -0.2) is 46.3 Å². The summed E-state index contributed by atoms with van der Waals surface area (Å²) in [4.78, 5) is 15.6. The Balaban J connectivity index is 1.68. The molecule has 5 rings (SSSR count). The lowest BCUT2D eigenvalue weighted by Gasteiger charge is -2.29. The molecular formula is C20H21F4N5O2. The first-order valence-corrected chi connectivity index (χ1v) is 10.3. The van der Waals surface area contributed by atoms with Gasteiger partial charge >= 0.3 is 12.3 Å². The molecule has 2 N–H and O–H groups in total. The Kier molecular flexibility index (Phi) is 4.87. The molecule has 0 spiro atoms. The first kappa shape index (κ1) is 20.2.